The van der Waals surface area contributed by atoms with E-state index in [1.807, 2.05) is 6.92 Å². The summed E-state index contributed by atoms with van der Waals surface area (Å²) in [6.45, 7) is 4.52. The highest BCUT2D eigenvalue weighted by molar-refractivity contribution is 5.83. The van der Waals surface area contributed by atoms with Crippen LogP contribution in [0.25, 0.3) is 0 Å². The van der Waals surface area contributed by atoms with Crippen LogP contribution in [0.3, 0.4) is 0 Å². The molecule has 2 N–H and O–H groups in total. The number of amides is 1. The summed E-state index contributed by atoms with van der Waals surface area (Å²) in [4.78, 5) is 15.7. The van der Waals surface area contributed by atoms with Gasteiger partial charge in [-0.2, -0.15) is 0 Å². The number of nitrogens with one attached hydrogen (secondary N) is 2. The number of hydrogen-bond donors (Lipinski definition) is 2. The van der Waals surface area contributed by atoms with Crippen LogP contribution in [0.2, 0.25) is 0 Å². The van der Waals surface area contributed by atoms with Crippen molar-refractivity contribution in [2.24, 2.45) is 0 Å². The highest BCUT2D eigenvalue weighted by Crippen LogP contribution is 2.11. The molecule has 0 aliphatic rings. The van der Waals surface area contributed by atoms with Gasteiger partial charge >= 0.3 is 0 Å². The number of carbonyl (C=O) groups is 1. The van der Waals surface area contributed by atoms with Crippen LogP contribution in [0.4, 0.5) is 5.82 Å². The standard InChI is InChI=1S/C12H19N3O2/c1-4-7-13-12(16)9(2)15-11-6-5-10(17-3)8-14-11/h5-6,8-9H,4,7H2,1-3H3,(H,13,16)(H,14,15). The summed E-state index contributed by atoms with van der Waals surface area (Å²) in [5, 5.41) is 5.84. The van der Waals surface area contributed by atoms with Gasteiger partial charge in [0.15, 0.2) is 0 Å². The largest absolute Gasteiger partial charge is 0.495 e. The summed E-state index contributed by atoms with van der Waals surface area (Å²) in [6.07, 6.45) is 2.54. The molecule has 1 unspecified atom stereocenters. The molecule has 1 rings (SSSR count). The van der Waals surface area contributed by atoms with Gasteiger partial charge in [-0.05, 0) is 25.5 Å². The van der Waals surface area contributed by atoms with Gasteiger partial charge in [0, 0.05) is 6.54 Å². The Morgan fingerprint density at radius 1 is 1.53 bits per heavy atom. The van der Waals surface area contributed by atoms with Gasteiger partial charge in [-0.15, -0.1) is 0 Å². The van der Waals surface area contributed by atoms with E-state index in [1.165, 1.54) is 0 Å². The molecule has 0 bridgehead atoms. The Hall–Kier alpha value is -1.78. The first-order valence-electron chi connectivity index (χ1n) is 5.71. The molecule has 0 fully saturated rings. The molecule has 1 aromatic rings. The fourth-order valence-electron chi connectivity index (χ4n) is 1.28. The van der Waals surface area contributed by atoms with E-state index in [9.17, 15) is 4.79 Å². The lowest BCUT2D eigenvalue weighted by molar-refractivity contribution is -0.121. The average molecular weight is 237 g/mol. The zero-order valence-electron chi connectivity index (χ0n) is 10.5. The van der Waals surface area contributed by atoms with Crippen molar-refractivity contribution >= 4 is 11.7 Å². The molecule has 5 heteroatoms. The van der Waals surface area contributed by atoms with Crippen molar-refractivity contribution in [1.82, 2.24) is 10.3 Å². The van der Waals surface area contributed by atoms with Crippen LogP contribution >= 0.6 is 0 Å². The quantitative estimate of drug-likeness (QED) is 0.785. The number of carbonyl (C=O) groups excluding carboxylic acids is 1. The number of methoxy groups -OCH3 is 1. The topological polar surface area (TPSA) is 63.2 Å². The average Bonchev–Trinajstić information content (AvgIpc) is 2.36. The Labute approximate surface area is 102 Å². The third-order valence-electron chi connectivity index (χ3n) is 2.28. The minimum atomic E-state index is -0.303. The molecule has 0 aromatic carbocycles. The van der Waals surface area contributed by atoms with Crippen molar-refractivity contribution in [2.75, 3.05) is 19.0 Å². The second-order valence-electron chi connectivity index (χ2n) is 3.74. The van der Waals surface area contributed by atoms with Crippen LogP contribution in [0.1, 0.15) is 20.3 Å². The number of nitrogens with zero attached hydrogens (tertiary/aromatic N) is 1. The van der Waals surface area contributed by atoms with Crippen molar-refractivity contribution < 1.29 is 9.53 Å². The third kappa shape index (κ3) is 4.30. The van der Waals surface area contributed by atoms with Crippen LogP contribution in [0, 0.1) is 0 Å². The summed E-state index contributed by atoms with van der Waals surface area (Å²) >= 11 is 0. The van der Waals surface area contributed by atoms with Crippen LogP contribution in [-0.4, -0.2) is 30.6 Å². The summed E-state index contributed by atoms with van der Waals surface area (Å²) in [5.41, 5.74) is 0. The molecular formula is C12H19N3O2. The van der Waals surface area contributed by atoms with E-state index in [0.29, 0.717) is 18.1 Å². The molecule has 1 amide bonds. The lowest BCUT2D eigenvalue weighted by Gasteiger charge is -2.14. The molecule has 94 valence electrons. The Morgan fingerprint density at radius 2 is 2.29 bits per heavy atom. The zero-order valence-corrected chi connectivity index (χ0v) is 10.5. The number of aromatic nitrogens is 1. The molecule has 0 aliphatic heterocycles. The number of hydrogen-bond acceptors (Lipinski definition) is 4. The molecule has 0 spiro atoms. The third-order valence-corrected chi connectivity index (χ3v) is 2.28. The van der Waals surface area contributed by atoms with Crippen molar-refractivity contribution in [1.29, 1.82) is 0 Å². The van der Waals surface area contributed by atoms with Gasteiger partial charge < -0.3 is 15.4 Å². The van der Waals surface area contributed by atoms with Crippen molar-refractivity contribution in [3.05, 3.63) is 18.3 Å². The van der Waals surface area contributed by atoms with Gasteiger partial charge in [-0.1, -0.05) is 6.92 Å². The Kier molecular flexibility index (Phi) is 5.26. The minimum Gasteiger partial charge on any atom is -0.495 e. The predicted molar refractivity (Wildman–Crippen MR) is 67.2 cm³/mol. The van der Waals surface area contributed by atoms with Gasteiger partial charge in [-0.25, -0.2) is 4.98 Å². The Bertz CT molecular complexity index is 351. The molecule has 0 saturated heterocycles. The fourth-order valence-corrected chi connectivity index (χ4v) is 1.28. The summed E-state index contributed by atoms with van der Waals surface area (Å²) in [5.74, 6) is 1.33. The fraction of sp³-hybridized carbons (Fsp3) is 0.500. The molecule has 0 radical (unpaired) electrons. The molecule has 17 heavy (non-hydrogen) atoms. The zero-order chi connectivity index (χ0) is 12.7. The highest BCUT2D eigenvalue weighted by Gasteiger charge is 2.11. The lowest BCUT2D eigenvalue weighted by atomic mass is 10.3. The van der Waals surface area contributed by atoms with Crippen molar-refractivity contribution in [3.8, 4) is 5.75 Å². The van der Waals surface area contributed by atoms with Crippen molar-refractivity contribution in [3.63, 3.8) is 0 Å². The maximum Gasteiger partial charge on any atom is 0.242 e. The van der Waals surface area contributed by atoms with Crippen molar-refractivity contribution in [2.45, 2.75) is 26.3 Å². The van der Waals surface area contributed by atoms with Gasteiger partial charge in [0.05, 0.1) is 13.3 Å². The molecule has 1 atom stereocenters. The van der Waals surface area contributed by atoms with E-state index >= 15 is 0 Å². The second kappa shape index (κ2) is 6.73. The maximum atomic E-state index is 11.6. The normalized spacial score (nSPS) is 11.7. The van der Waals surface area contributed by atoms with E-state index in [1.54, 1.807) is 32.4 Å². The molecule has 5 nitrogen and oxygen atoms in total. The predicted octanol–water partition coefficient (Wildman–Crippen LogP) is 1.42. The second-order valence-corrected chi connectivity index (χ2v) is 3.74. The number of pyridine rings is 1. The highest BCUT2D eigenvalue weighted by atomic mass is 16.5. The van der Waals surface area contributed by atoms with Gasteiger partial charge in [0.25, 0.3) is 0 Å². The molecule has 0 saturated carbocycles. The molecular weight excluding hydrogens is 218 g/mol. The van der Waals surface area contributed by atoms with E-state index in [4.69, 9.17) is 4.74 Å². The lowest BCUT2D eigenvalue weighted by Crippen LogP contribution is -2.38. The molecule has 1 heterocycles. The van der Waals surface area contributed by atoms with Crippen LogP contribution in [0.15, 0.2) is 18.3 Å². The summed E-state index contributed by atoms with van der Waals surface area (Å²) in [6, 6.07) is 3.27. The summed E-state index contributed by atoms with van der Waals surface area (Å²) < 4.78 is 5.01. The van der Waals surface area contributed by atoms with Gasteiger partial charge in [-0.3, -0.25) is 4.79 Å². The van der Waals surface area contributed by atoms with Crippen LogP contribution < -0.4 is 15.4 Å². The van der Waals surface area contributed by atoms with E-state index in [0.717, 1.165) is 6.42 Å². The SMILES string of the molecule is CCCNC(=O)C(C)Nc1ccc(OC)cn1. The maximum absolute atomic E-state index is 11.6. The van der Waals surface area contributed by atoms with E-state index in [-0.39, 0.29) is 11.9 Å². The monoisotopic (exact) mass is 237 g/mol. The Balaban J connectivity index is 2.49. The first kappa shape index (κ1) is 13.3. The van der Waals surface area contributed by atoms with E-state index in [2.05, 4.69) is 15.6 Å². The number of ether oxygens (including phenoxy) is 1. The minimum absolute atomic E-state index is 0.0236. The van der Waals surface area contributed by atoms with E-state index < -0.39 is 0 Å². The van der Waals surface area contributed by atoms with Crippen LogP contribution in [0.5, 0.6) is 5.75 Å². The number of anilines is 1. The summed E-state index contributed by atoms with van der Waals surface area (Å²) in [7, 11) is 1.59. The van der Waals surface area contributed by atoms with Gasteiger partial charge in [0.1, 0.15) is 17.6 Å². The molecule has 0 aliphatic carbocycles. The smallest absolute Gasteiger partial charge is 0.242 e. The van der Waals surface area contributed by atoms with Crippen LogP contribution in [-0.2, 0) is 4.79 Å². The first-order chi connectivity index (χ1) is 8.17. The number of rotatable bonds is 6. The van der Waals surface area contributed by atoms with Gasteiger partial charge in [0.2, 0.25) is 5.91 Å². The molecule has 1 aromatic heterocycles. The Morgan fingerprint density at radius 3 is 2.82 bits per heavy atom. The first-order valence-corrected chi connectivity index (χ1v) is 5.71.